The highest BCUT2D eigenvalue weighted by molar-refractivity contribution is 5.96. The van der Waals surface area contributed by atoms with Crippen molar-refractivity contribution in [2.45, 2.75) is 25.0 Å². The van der Waals surface area contributed by atoms with Crippen LogP contribution in [-0.2, 0) is 14.3 Å². The second-order valence-corrected chi connectivity index (χ2v) is 5.58. The quantitative estimate of drug-likeness (QED) is 0.794. The van der Waals surface area contributed by atoms with E-state index in [1.54, 1.807) is 0 Å². The molecule has 1 aliphatic rings. The minimum absolute atomic E-state index is 0.112. The largest absolute Gasteiger partial charge is 0.481 e. The zero-order valence-electron chi connectivity index (χ0n) is 13.2. The van der Waals surface area contributed by atoms with Gasteiger partial charge in [0.25, 0.3) is 5.91 Å². The number of nitrogens with zero attached hydrogens (tertiary/aromatic N) is 1. The van der Waals surface area contributed by atoms with Gasteiger partial charge in [0, 0.05) is 25.3 Å². The molecule has 1 aromatic carbocycles. The average Bonchev–Trinajstić information content (AvgIpc) is 2.94. The van der Waals surface area contributed by atoms with E-state index < -0.39 is 29.6 Å². The molecule has 2 amide bonds. The van der Waals surface area contributed by atoms with Crippen molar-refractivity contribution in [2.75, 3.05) is 20.2 Å². The van der Waals surface area contributed by atoms with Crippen molar-refractivity contribution < 1.29 is 28.6 Å². The van der Waals surface area contributed by atoms with Crippen molar-refractivity contribution in [3.8, 4) is 0 Å². The van der Waals surface area contributed by atoms with Gasteiger partial charge in [-0.1, -0.05) is 6.07 Å². The summed E-state index contributed by atoms with van der Waals surface area (Å²) < 4.78 is 18.3. The lowest BCUT2D eigenvalue weighted by Gasteiger charge is -2.23. The Morgan fingerprint density at radius 2 is 2.17 bits per heavy atom. The maximum Gasteiger partial charge on any atom is 0.305 e. The zero-order valence-corrected chi connectivity index (χ0v) is 13.2. The number of rotatable bonds is 6. The summed E-state index contributed by atoms with van der Waals surface area (Å²) in [5.41, 5.74) is 0.112. The number of nitrogens with one attached hydrogen (secondary N) is 1. The van der Waals surface area contributed by atoms with Crippen LogP contribution in [0.5, 0.6) is 0 Å². The van der Waals surface area contributed by atoms with Gasteiger partial charge >= 0.3 is 5.97 Å². The fraction of sp³-hybridized carbons (Fsp3) is 0.438. The maximum atomic E-state index is 13.1. The number of carboxylic acids is 1. The van der Waals surface area contributed by atoms with Crippen LogP contribution < -0.4 is 5.32 Å². The second-order valence-electron chi connectivity index (χ2n) is 5.58. The molecule has 130 valence electrons. The van der Waals surface area contributed by atoms with Crippen LogP contribution in [0.25, 0.3) is 0 Å². The fourth-order valence-corrected chi connectivity index (χ4v) is 2.73. The lowest BCUT2D eigenvalue weighted by Crippen LogP contribution is -2.43. The summed E-state index contributed by atoms with van der Waals surface area (Å²) in [6, 6.07) is 4.66. The number of ether oxygens (including phenoxy) is 1. The number of benzene rings is 1. The molecular formula is C16H19FN2O5. The smallest absolute Gasteiger partial charge is 0.305 e. The van der Waals surface area contributed by atoms with E-state index >= 15 is 0 Å². The van der Waals surface area contributed by atoms with Crippen LogP contribution in [0.4, 0.5) is 4.39 Å². The minimum atomic E-state index is -1.00. The first-order chi connectivity index (χ1) is 11.4. The highest BCUT2D eigenvalue weighted by Crippen LogP contribution is 2.22. The number of methoxy groups -OCH3 is 1. The molecule has 0 saturated carbocycles. The van der Waals surface area contributed by atoms with E-state index in [2.05, 4.69) is 5.32 Å². The van der Waals surface area contributed by atoms with E-state index in [9.17, 15) is 18.8 Å². The van der Waals surface area contributed by atoms with Crippen LogP contribution in [-0.4, -0.2) is 60.1 Å². The van der Waals surface area contributed by atoms with Crippen LogP contribution in [0.15, 0.2) is 24.3 Å². The SMILES string of the molecule is COC1CC(CC(=O)O)N(C(=O)CNC(=O)c2cccc(F)c2)C1. The number of carbonyl (C=O) groups is 3. The summed E-state index contributed by atoms with van der Waals surface area (Å²) in [7, 11) is 1.50. The van der Waals surface area contributed by atoms with Gasteiger partial charge in [0.05, 0.1) is 19.1 Å². The Morgan fingerprint density at radius 1 is 1.42 bits per heavy atom. The Labute approximate surface area is 138 Å². The van der Waals surface area contributed by atoms with Crippen LogP contribution in [0.1, 0.15) is 23.2 Å². The molecule has 1 fully saturated rings. The molecule has 0 bridgehead atoms. The molecule has 2 unspecified atom stereocenters. The number of amides is 2. The first-order valence-electron chi connectivity index (χ1n) is 7.48. The van der Waals surface area contributed by atoms with Crippen molar-refractivity contribution in [1.29, 1.82) is 0 Å². The normalized spacial score (nSPS) is 20.0. The number of carboxylic acid groups (broad SMARTS) is 1. The molecule has 0 aromatic heterocycles. The molecule has 0 aliphatic carbocycles. The van der Waals surface area contributed by atoms with Gasteiger partial charge in [-0.25, -0.2) is 4.39 Å². The Morgan fingerprint density at radius 3 is 2.79 bits per heavy atom. The Bertz CT molecular complexity index is 637. The van der Waals surface area contributed by atoms with Crippen molar-refractivity contribution >= 4 is 17.8 Å². The molecule has 8 heteroatoms. The number of likely N-dealkylation sites (tertiary alicyclic amines) is 1. The van der Waals surface area contributed by atoms with E-state index in [4.69, 9.17) is 9.84 Å². The van der Waals surface area contributed by atoms with Gasteiger partial charge in [-0.2, -0.15) is 0 Å². The maximum absolute atomic E-state index is 13.1. The van der Waals surface area contributed by atoms with Crippen molar-refractivity contribution in [3.05, 3.63) is 35.6 Å². The number of hydrogen-bond acceptors (Lipinski definition) is 4. The third-order valence-electron chi connectivity index (χ3n) is 3.93. The lowest BCUT2D eigenvalue weighted by atomic mass is 10.1. The van der Waals surface area contributed by atoms with Crippen molar-refractivity contribution in [3.63, 3.8) is 0 Å². The summed E-state index contributed by atoms with van der Waals surface area (Å²) in [5, 5.41) is 11.4. The zero-order chi connectivity index (χ0) is 17.7. The van der Waals surface area contributed by atoms with Gasteiger partial charge < -0.3 is 20.1 Å². The molecule has 2 N–H and O–H groups in total. The van der Waals surface area contributed by atoms with Crippen LogP contribution >= 0.6 is 0 Å². The van der Waals surface area contributed by atoms with Gasteiger partial charge in [0.1, 0.15) is 5.82 Å². The van der Waals surface area contributed by atoms with Gasteiger partial charge in [-0.05, 0) is 24.6 Å². The summed E-state index contributed by atoms with van der Waals surface area (Å²) >= 11 is 0. The van der Waals surface area contributed by atoms with E-state index in [1.807, 2.05) is 0 Å². The van der Waals surface area contributed by atoms with E-state index in [-0.39, 0.29) is 31.2 Å². The molecule has 0 radical (unpaired) electrons. The lowest BCUT2D eigenvalue weighted by molar-refractivity contribution is -0.139. The average molecular weight is 338 g/mol. The molecule has 1 saturated heterocycles. The standard InChI is InChI=1S/C16H19FN2O5/c1-24-13-6-12(7-15(21)22)19(9-13)14(20)8-18-16(23)10-3-2-4-11(17)5-10/h2-5,12-13H,6-9H2,1H3,(H,18,23)(H,21,22). The molecule has 0 spiro atoms. The first-order valence-corrected chi connectivity index (χ1v) is 7.48. The Hall–Kier alpha value is -2.48. The highest BCUT2D eigenvalue weighted by atomic mass is 19.1. The topological polar surface area (TPSA) is 95.9 Å². The highest BCUT2D eigenvalue weighted by Gasteiger charge is 2.36. The predicted molar refractivity (Wildman–Crippen MR) is 81.9 cm³/mol. The first kappa shape index (κ1) is 17.9. The molecule has 1 aliphatic heterocycles. The number of hydrogen-bond donors (Lipinski definition) is 2. The van der Waals surface area contributed by atoms with Gasteiger partial charge in [0.2, 0.25) is 5.91 Å². The monoisotopic (exact) mass is 338 g/mol. The van der Waals surface area contributed by atoms with Gasteiger partial charge in [-0.3, -0.25) is 14.4 Å². The summed E-state index contributed by atoms with van der Waals surface area (Å²) in [6.07, 6.45) is 0.0350. The third-order valence-corrected chi connectivity index (χ3v) is 3.93. The summed E-state index contributed by atoms with van der Waals surface area (Å²) in [4.78, 5) is 36.5. The summed E-state index contributed by atoms with van der Waals surface area (Å²) in [5.74, 6) is -2.51. The van der Waals surface area contributed by atoms with Crippen molar-refractivity contribution in [1.82, 2.24) is 10.2 Å². The number of halogens is 1. The van der Waals surface area contributed by atoms with Crippen LogP contribution in [0.2, 0.25) is 0 Å². The van der Waals surface area contributed by atoms with Gasteiger partial charge in [0.15, 0.2) is 0 Å². The number of carbonyl (C=O) groups excluding carboxylic acids is 2. The fourth-order valence-electron chi connectivity index (χ4n) is 2.73. The van der Waals surface area contributed by atoms with E-state index in [0.717, 1.165) is 6.07 Å². The molecule has 2 rings (SSSR count). The minimum Gasteiger partial charge on any atom is -0.481 e. The van der Waals surface area contributed by atoms with E-state index in [1.165, 1.54) is 30.2 Å². The Kier molecular flexibility index (Phi) is 5.86. The van der Waals surface area contributed by atoms with Crippen LogP contribution in [0.3, 0.4) is 0 Å². The Balaban J connectivity index is 1.95. The molecule has 1 heterocycles. The second kappa shape index (κ2) is 7.87. The molecular weight excluding hydrogens is 319 g/mol. The number of aliphatic carboxylic acids is 1. The molecule has 2 atom stereocenters. The van der Waals surface area contributed by atoms with Crippen molar-refractivity contribution in [2.24, 2.45) is 0 Å². The third kappa shape index (κ3) is 4.51. The van der Waals surface area contributed by atoms with Gasteiger partial charge in [-0.15, -0.1) is 0 Å². The molecule has 1 aromatic rings. The molecule has 24 heavy (non-hydrogen) atoms. The molecule has 7 nitrogen and oxygen atoms in total. The van der Waals surface area contributed by atoms with Crippen LogP contribution in [0, 0.1) is 5.82 Å². The predicted octanol–water partition coefficient (Wildman–Crippen LogP) is 0.646. The summed E-state index contributed by atoms with van der Waals surface area (Å²) in [6.45, 7) is -0.00891. The van der Waals surface area contributed by atoms with E-state index in [0.29, 0.717) is 6.42 Å².